The van der Waals surface area contributed by atoms with Crippen molar-refractivity contribution in [1.82, 2.24) is 4.90 Å². The highest BCUT2D eigenvalue weighted by molar-refractivity contribution is 7.98. The molecule has 0 saturated carbocycles. The quantitative estimate of drug-likeness (QED) is 0.795. The van der Waals surface area contributed by atoms with Crippen LogP contribution in [-0.2, 0) is 10.5 Å². The third-order valence-corrected chi connectivity index (χ3v) is 4.71. The molecule has 0 bridgehead atoms. The van der Waals surface area contributed by atoms with E-state index in [-0.39, 0.29) is 12.4 Å². The smallest absolute Gasteiger partial charge is 0.358 e. The Morgan fingerprint density at radius 3 is 2.77 bits per heavy atom. The molecule has 22 heavy (non-hydrogen) atoms. The van der Waals surface area contributed by atoms with E-state index in [1.165, 1.54) is 12.0 Å². The predicted molar refractivity (Wildman–Crippen MR) is 89.0 cm³/mol. The van der Waals surface area contributed by atoms with Crippen LogP contribution in [0.3, 0.4) is 0 Å². The number of hydrogen-bond acceptors (Lipinski definition) is 6. The molecule has 1 saturated heterocycles. The fourth-order valence-corrected chi connectivity index (χ4v) is 3.37. The van der Waals surface area contributed by atoms with Crippen LogP contribution in [0.15, 0.2) is 18.2 Å². The van der Waals surface area contributed by atoms with Crippen molar-refractivity contribution in [2.75, 3.05) is 38.6 Å². The standard InChI is InChI=1S/C15H21NO4S.ClH/c17-15-19-13-3-2-12(10-14(13)20-15)11-21-9-1-4-16-5-7-18-8-6-16;/h2-3,10,15,17H,1,4-9,11H2;1H. The number of halogens is 1. The third kappa shape index (κ3) is 4.93. The van der Waals surface area contributed by atoms with E-state index in [4.69, 9.17) is 14.2 Å². The number of morpholine rings is 1. The first-order valence-electron chi connectivity index (χ1n) is 7.33. The van der Waals surface area contributed by atoms with E-state index in [1.54, 1.807) is 0 Å². The molecule has 1 N–H and O–H groups in total. The van der Waals surface area contributed by atoms with Gasteiger partial charge in [-0.2, -0.15) is 11.8 Å². The first-order chi connectivity index (χ1) is 10.3. The highest BCUT2D eigenvalue weighted by Crippen LogP contribution is 2.35. The van der Waals surface area contributed by atoms with Gasteiger partial charge in [0, 0.05) is 18.8 Å². The lowest BCUT2D eigenvalue weighted by molar-refractivity contribution is -0.133. The molecule has 3 rings (SSSR count). The lowest BCUT2D eigenvalue weighted by Gasteiger charge is -2.26. The Kier molecular flexibility index (Phi) is 7.11. The van der Waals surface area contributed by atoms with E-state index in [9.17, 15) is 5.11 Å². The second kappa shape index (κ2) is 8.84. The van der Waals surface area contributed by atoms with Crippen LogP contribution in [0.4, 0.5) is 0 Å². The molecule has 0 radical (unpaired) electrons. The van der Waals surface area contributed by atoms with Crippen molar-refractivity contribution in [2.24, 2.45) is 0 Å². The fourth-order valence-electron chi connectivity index (χ4n) is 2.48. The molecule has 0 spiro atoms. The molecule has 1 fully saturated rings. The van der Waals surface area contributed by atoms with Gasteiger partial charge in [0.15, 0.2) is 11.5 Å². The van der Waals surface area contributed by atoms with Crippen LogP contribution in [0.2, 0.25) is 0 Å². The van der Waals surface area contributed by atoms with Gasteiger partial charge in [-0.15, -0.1) is 12.4 Å². The number of aliphatic hydroxyl groups is 1. The van der Waals surface area contributed by atoms with Crippen molar-refractivity contribution in [3.8, 4) is 11.5 Å². The summed E-state index contributed by atoms with van der Waals surface area (Å²) in [5.74, 6) is 3.35. The fraction of sp³-hybridized carbons (Fsp3) is 0.600. The molecular weight excluding hydrogens is 326 g/mol. The number of benzene rings is 1. The largest absolute Gasteiger partial charge is 0.428 e. The van der Waals surface area contributed by atoms with Gasteiger partial charge in [0.05, 0.1) is 13.2 Å². The van der Waals surface area contributed by atoms with Gasteiger partial charge in [-0.25, -0.2) is 0 Å². The summed E-state index contributed by atoms with van der Waals surface area (Å²) in [5.41, 5.74) is 1.20. The summed E-state index contributed by atoms with van der Waals surface area (Å²) >= 11 is 1.92. The van der Waals surface area contributed by atoms with Gasteiger partial charge in [-0.1, -0.05) is 6.07 Å². The third-order valence-electron chi connectivity index (χ3n) is 3.60. The normalized spacial score (nSPS) is 20.7. The second-order valence-electron chi connectivity index (χ2n) is 5.18. The lowest BCUT2D eigenvalue weighted by atomic mass is 10.2. The van der Waals surface area contributed by atoms with Crippen LogP contribution in [-0.4, -0.2) is 55.1 Å². The molecule has 2 aliphatic rings. The van der Waals surface area contributed by atoms with Crippen LogP contribution in [0.25, 0.3) is 0 Å². The summed E-state index contributed by atoms with van der Waals surface area (Å²) in [5, 5.41) is 9.25. The van der Waals surface area contributed by atoms with Crippen molar-refractivity contribution in [3.63, 3.8) is 0 Å². The summed E-state index contributed by atoms with van der Waals surface area (Å²) in [6, 6.07) is 5.82. The van der Waals surface area contributed by atoms with Gasteiger partial charge in [0.1, 0.15) is 0 Å². The minimum absolute atomic E-state index is 0. The predicted octanol–water partition coefficient (Wildman–Crippen LogP) is 2.11. The maximum absolute atomic E-state index is 9.25. The van der Waals surface area contributed by atoms with E-state index in [0.717, 1.165) is 44.4 Å². The van der Waals surface area contributed by atoms with Crippen LogP contribution in [0.1, 0.15) is 12.0 Å². The van der Waals surface area contributed by atoms with Crippen molar-refractivity contribution < 1.29 is 19.3 Å². The number of nitrogens with zero attached hydrogens (tertiary/aromatic N) is 1. The zero-order valence-electron chi connectivity index (χ0n) is 12.4. The summed E-state index contributed by atoms with van der Waals surface area (Å²) < 4.78 is 15.6. The molecule has 1 unspecified atom stereocenters. The molecule has 1 atom stereocenters. The summed E-state index contributed by atoms with van der Waals surface area (Å²) in [7, 11) is 0. The molecule has 2 aliphatic heterocycles. The Bertz CT molecular complexity index is 471. The van der Waals surface area contributed by atoms with Crippen LogP contribution < -0.4 is 9.47 Å². The zero-order chi connectivity index (χ0) is 14.5. The second-order valence-corrected chi connectivity index (χ2v) is 6.29. The van der Waals surface area contributed by atoms with E-state index < -0.39 is 6.48 Å². The number of rotatable bonds is 6. The van der Waals surface area contributed by atoms with E-state index >= 15 is 0 Å². The average molecular weight is 348 g/mol. The average Bonchev–Trinajstić information content (AvgIpc) is 2.87. The van der Waals surface area contributed by atoms with Gasteiger partial charge in [-0.05, 0) is 36.4 Å². The maximum atomic E-state index is 9.25. The number of hydrogen-bond donors (Lipinski definition) is 1. The maximum Gasteiger partial charge on any atom is 0.358 e. The first-order valence-corrected chi connectivity index (χ1v) is 8.49. The first kappa shape index (κ1) is 17.7. The van der Waals surface area contributed by atoms with E-state index in [2.05, 4.69) is 4.90 Å². The van der Waals surface area contributed by atoms with Gasteiger partial charge in [-0.3, -0.25) is 4.90 Å². The van der Waals surface area contributed by atoms with Crippen molar-refractivity contribution in [3.05, 3.63) is 23.8 Å². The lowest BCUT2D eigenvalue weighted by Crippen LogP contribution is -2.36. The minimum atomic E-state index is -1.16. The molecule has 0 aliphatic carbocycles. The molecule has 2 heterocycles. The summed E-state index contributed by atoms with van der Waals surface area (Å²) in [6.45, 7) is 3.87. The van der Waals surface area contributed by atoms with Crippen LogP contribution in [0.5, 0.6) is 11.5 Å². The Labute approximate surface area is 141 Å². The highest BCUT2D eigenvalue weighted by Gasteiger charge is 2.21. The Hall–Kier alpha value is -0.660. The summed E-state index contributed by atoms with van der Waals surface area (Å²) in [6.07, 6.45) is 1.20. The minimum Gasteiger partial charge on any atom is -0.428 e. The Morgan fingerprint density at radius 2 is 1.95 bits per heavy atom. The molecule has 124 valence electrons. The Balaban J connectivity index is 0.00000176. The number of fused-ring (bicyclic) bond motifs is 1. The van der Waals surface area contributed by atoms with Crippen LogP contribution in [0, 0.1) is 0 Å². The van der Waals surface area contributed by atoms with E-state index in [0.29, 0.717) is 11.5 Å². The topological polar surface area (TPSA) is 51.2 Å². The van der Waals surface area contributed by atoms with Gasteiger partial charge in [0.2, 0.25) is 0 Å². The molecule has 5 nitrogen and oxygen atoms in total. The SMILES string of the molecule is Cl.OC1Oc2ccc(CSCCCN3CCOCC3)cc2O1. The number of ether oxygens (including phenoxy) is 3. The van der Waals surface area contributed by atoms with Crippen molar-refractivity contribution >= 4 is 24.2 Å². The van der Waals surface area contributed by atoms with Crippen molar-refractivity contribution in [2.45, 2.75) is 18.6 Å². The van der Waals surface area contributed by atoms with Gasteiger partial charge >= 0.3 is 6.48 Å². The monoisotopic (exact) mass is 347 g/mol. The molecule has 0 aromatic heterocycles. The summed E-state index contributed by atoms with van der Waals surface area (Å²) in [4.78, 5) is 2.46. The van der Waals surface area contributed by atoms with E-state index in [1.807, 2.05) is 30.0 Å². The number of aliphatic hydroxyl groups excluding tert-OH is 1. The van der Waals surface area contributed by atoms with Crippen LogP contribution >= 0.6 is 24.2 Å². The molecule has 1 aromatic rings. The highest BCUT2D eigenvalue weighted by atomic mass is 35.5. The molecule has 1 aromatic carbocycles. The Morgan fingerprint density at radius 1 is 1.18 bits per heavy atom. The van der Waals surface area contributed by atoms with Gasteiger partial charge in [0.25, 0.3) is 0 Å². The molecule has 7 heteroatoms. The molecular formula is C15H22ClNO4S. The number of thioether (sulfide) groups is 1. The molecule has 0 amide bonds. The van der Waals surface area contributed by atoms with Crippen molar-refractivity contribution in [1.29, 1.82) is 0 Å². The van der Waals surface area contributed by atoms with Gasteiger partial charge < -0.3 is 19.3 Å². The zero-order valence-corrected chi connectivity index (χ0v) is 14.0.